The van der Waals surface area contributed by atoms with Crippen LogP contribution in [0.5, 0.6) is 0 Å². The Morgan fingerprint density at radius 1 is 1.08 bits per heavy atom. The first-order valence-electron chi connectivity index (χ1n) is 7.19. The molecule has 8 heteroatoms. The van der Waals surface area contributed by atoms with Crippen LogP contribution in [0.2, 0.25) is 0 Å². The van der Waals surface area contributed by atoms with Crippen LogP contribution < -0.4 is 10.0 Å². The molecule has 2 aromatic rings. The number of halogens is 2. The van der Waals surface area contributed by atoms with E-state index in [9.17, 15) is 22.0 Å². The Morgan fingerprint density at radius 3 is 2.33 bits per heavy atom. The van der Waals surface area contributed by atoms with E-state index in [1.807, 2.05) is 0 Å². The molecule has 128 valence electrons. The van der Waals surface area contributed by atoms with E-state index in [0.29, 0.717) is 6.42 Å². The van der Waals surface area contributed by atoms with Crippen LogP contribution in [0.1, 0.15) is 23.7 Å². The number of benzene rings is 2. The highest BCUT2D eigenvalue weighted by Gasteiger charge is 2.16. The van der Waals surface area contributed by atoms with E-state index < -0.39 is 27.6 Å². The summed E-state index contributed by atoms with van der Waals surface area (Å²) in [6, 6.07) is 7.93. The zero-order chi connectivity index (χ0) is 17.7. The Bertz CT molecular complexity index is 837. The third-order valence-electron chi connectivity index (χ3n) is 3.15. The molecule has 0 aliphatic carbocycles. The minimum Gasteiger partial charge on any atom is -0.319 e. The first kappa shape index (κ1) is 18.0. The zero-order valence-electron chi connectivity index (χ0n) is 12.8. The van der Waals surface area contributed by atoms with Gasteiger partial charge >= 0.3 is 0 Å². The molecule has 2 rings (SSSR count). The van der Waals surface area contributed by atoms with E-state index in [1.165, 1.54) is 18.2 Å². The second-order valence-electron chi connectivity index (χ2n) is 5.00. The van der Waals surface area contributed by atoms with Gasteiger partial charge in [-0.05, 0) is 48.9 Å². The second kappa shape index (κ2) is 7.50. The molecule has 0 aliphatic heterocycles. The summed E-state index contributed by atoms with van der Waals surface area (Å²) in [5, 5.41) is 2.32. The van der Waals surface area contributed by atoms with Gasteiger partial charge in [-0.15, -0.1) is 0 Å². The molecular weight excluding hydrogens is 338 g/mol. The van der Waals surface area contributed by atoms with Crippen molar-refractivity contribution in [1.29, 1.82) is 0 Å². The molecule has 0 aromatic heterocycles. The molecule has 2 aromatic carbocycles. The maximum Gasteiger partial charge on any atom is 0.255 e. The van der Waals surface area contributed by atoms with E-state index >= 15 is 0 Å². The number of nitrogens with one attached hydrogen (secondary N) is 2. The predicted octanol–water partition coefficient (Wildman–Crippen LogP) is 2.91. The minimum absolute atomic E-state index is 0.150. The van der Waals surface area contributed by atoms with E-state index in [2.05, 4.69) is 10.0 Å². The summed E-state index contributed by atoms with van der Waals surface area (Å²) < 4.78 is 53.1. The van der Waals surface area contributed by atoms with Gasteiger partial charge in [0.15, 0.2) is 0 Å². The summed E-state index contributed by atoms with van der Waals surface area (Å²) in [4.78, 5) is 11.7. The molecular formula is C16H16F2N2O3S. The summed E-state index contributed by atoms with van der Waals surface area (Å²) in [5.74, 6) is -2.01. The van der Waals surface area contributed by atoms with Crippen LogP contribution in [0, 0.1) is 11.6 Å². The molecule has 0 aliphatic rings. The number of carbonyl (C=O) groups is 1. The van der Waals surface area contributed by atoms with Crippen molar-refractivity contribution in [3.63, 3.8) is 0 Å². The summed E-state index contributed by atoms with van der Waals surface area (Å²) >= 11 is 0. The monoisotopic (exact) mass is 354 g/mol. The fraction of sp³-hybridized carbons (Fsp3) is 0.188. The lowest BCUT2D eigenvalue weighted by atomic mass is 10.2. The number of amides is 1. The van der Waals surface area contributed by atoms with Crippen molar-refractivity contribution in [3.05, 3.63) is 59.7 Å². The largest absolute Gasteiger partial charge is 0.319 e. The fourth-order valence-corrected chi connectivity index (χ4v) is 3.03. The van der Waals surface area contributed by atoms with Gasteiger partial charge in [-0.25, -0.2) is 21.9 Å². The summed E-state index contributed by atoms with van der Waals surface area (Å²) in [7, 11) is -3.79. The highest BCUT2D eigenvalue weighted by atomic mass is 32.2. The van der Waals surface area contributed by atoms with Crippen LogP contribution >= 0.6 is 0 Å². The Balaban J connectivity index is 2.18. The molecule has 0 saturated heterocycles. The number of hydrogen-bond acceptors (Lipinski definition) is 3. The van der Waals surface area contributed by atoms with Crippen molar-refractivity contribution in [3.8, 4) is 0 Å². The molecule has 2 N–H and O–H groups in total. The molecule has 0 bridgehead atoms. The van der Waals surface area contributed by atoms with Gasteiger partial charge in [-0.1, -0.05) is 6.92 Å². The predicted molar refractivity (Wildman–Crippen MR) is 86.2 cm³/mol. The first-order chi connectivity index (χ1) is 11.3. The molecule has 0 saturated carbocycles. The number of hydrogen-bond donors (Lipinski definition) is 2. The molecule has 0 heterocycles. The topological polar surface area (TPSA) is 75.3 Å². The third-order valence-corrected chi connectivity index (χ3v) is 4.61. The van der Waals surface area contributed by atoms with E-state index in [-0.39, 0.29) is 22.7 Å². The Hall–Kier alpha value is -2.32. The first-order valence-corrected chi connectivity index (χ1v) is 8.68. The average molecular weight is 354 g/mol. The maximum atomic E-state index is 14.1. The van der Waals surface area contributed by atoms with Crippen LogP contribution in [0.3, 0.4) is 0 Å². The van der Waals surface area contributed by atoms with Gasteiger partial charge in [0, 0.05) is 12.1 Å². The van der Waals surface area contributed by atoms with Crippen molar-refractivity contribution in [2.75, 3.05) is 11.9 Å². The Labute approximate surface area is 138 Å². The van der Waals surface area contributed by atoms with Crippen molar-refractivity contribution < 1.29 is 22.0 Å². The van der Waals surface area contributed by atoms with E-state index in [0.717, 1.165) is 24.3 Å². The van der Waals surface area contributed by atoms with Crippen molar-refractivity contribution in [2.45, 2.75) is 18.2 Å². The van der Waals surface area contributed by atoms with Crippen molar-refractivity contribution >= 4 is 21.6 Å². The molecule has 0 atom stereocenters. The highest BCUT2D eigenvalue weighted by molar-refractivity contribution is 7.89. The molecule has 0 fully saturated rings. The minimum atomic E-state index is -3.79. The molecule has 0 spiro atoms. The average Bonchev–Trinajstić information content (AvgIpc) is 2.55. The van der Waals surface area contributed by atoms with Gasteiger partial charge in [0.2, 0.25) is 10.0 Å². The number of carbonyl (C=O) groups excluding carboxylic acids is 1. The smallest absolute Gasteiger partial charge is 0.255 e. The molecule has 1 amide bonds. The van der Waals surface area contributed by atoms with Gasteiger partial charge < -0.3 is 5.32 Å². The molecule has 5 nitrogen and oxygen atoms in total. The van der Waals surface area contributed by atoms with Gasteiger partial charge in [-0.3, -0.25) is 4.79 Å². The Kier molecular flexibility index (Phi) is 5.63. The lowest BCUT2D eigenvalue weighted by Crippen LogP contribution is -2.24. The van der Waals surface area contributed by atoms with Gasteiger partial charge in [0.05, 0.1) is 10.6 Å². The normalized spacial score (nSPS) is 11.3. The van der Waals surface area contributed by atoms with Crippen molar-refractivity contribution in [1.82, 2.24) is 4.72 Å². The van der Waals surface area contributed by atoms with Crippen LogP contribution in [0.15, 0.2) is 47.4 Å². The molecule has 24 heavy (non-hydrogen) atoms. The number of sulfonamides is 1. The summed E-state index contributed by atoms with van der Waals surface area (Å²) in [6.45, 7) is 2.05. The van der Waals surface area contributed by atoms with Crippen LogP contribution in [-0.2, 0) is 10.0 Å². The van der Waals surface area contributed by atoms with Gasteiger partial charge in [0.25, 0.3) is 5.91 Å². The lowest BCUT2D eigenvalue weighted by molar-refractivity contribution is 0.102. The number of anilines is 1. The Morgan fingerprint density at radius 2 is 1.75 bits per heavy atom. The fourth-order valence-electron chi connectivity index (χ4n) is 1.88. The number of rotatable bonds is 6. The van der Waals surface area contributed by atoms with Gasteiger partial charge in [0.1, 0.15) is 11.6 Å². The van der Waals surface area contributed by atoms with Crippen LogP contribution in [0.4, 0.5) is 14.5 Å². The maximum absolute atomic E-state index is 14.1. The van der Waals surface area contributed by atoms with Crippen LogP contribution in [-0.4, -0.2) is 20.9 Å². The van der Waals surface area contributed by atoms with Gasteiger partial charge in [-0.2, -0.15) is 0 Å². The summed E-state index contributed by atoms with van der Waals surface area (Å²) in [5.41, 5.74) is -0.0177. The van der Waals surface area contributed by atoms with Crippen molar-refractivity contribution in [2.24, 2.45) is 0 Å². The van der Waals surface area contributed by atoms with E-state index in [1.54, 1.807) is 6.92 Å². The quantitative estimate of drug-likeness (QED) is 0.838. The standard InChI is InChI=1S/C16H16F2N2O3S/c1-2-9-19-24(22,23)13-7-8-15(14(18)10-13)20-16(21)11-3-5-12(17)6-4-11/h3-8,10,19H,2,9H2,1H3,(H,20,21). The second-order valence-corrected chi connectivity index (χ2v) is 6.77. The lowest BCUT2D eigenvalue weighted by Gasteiger charge is -2.09. The molecule has 0 unspecified atom stereocenters. The third kappa shape index (κ3) is 4.36. The highest BCUT2D eigenvalue weighted by Crippen LogP contribution is 2.20. The summed E-state index contributed by atoms with van der Waals surface area (Å²) in [6.07, 6.45) is 0.605. The van der Waals surface area contributed by atoms with E-state index in [4.69, 9.17) is 0 Å². The van der Waals surface area contributed by atoms with Crippen LogP contribution in [0.25, 0.3) is 0 Å². The molecule has 0 radical (unpaired) electrons. The SMILES string of the molecule is CCCNS(=O)(=O)c1ccc(NC(=O)c2ccc(F)cc2)c(F)c1. The zero-order valence-corrected chi connectivity index (χ0v) is 13.7.